The highest BCUT2D eigenvalue weighted by Gasteiger charge is 2.12. The maximum absolute atomic E-state index is 13.3. The van der Waals surface area contributed by atoms with Gasteiger partial charge in [-0.25, -0.2) is 4.39 Å². The summed E-state index contributed by atoms with van der Waals surface area (Å²) in [5.41, 5.74) is 3.19. The second kappa shape index (κ2) is 9.73. The number of hydrogen-bond donors (Lipinski definition) is 1. The van der Waals surface area contributed by atoms with Crippen molar-refractivity contribution in [1.29, 1.82) is 0 Å². The van der Waals surface area contributed by atoms with E-state index < -0.39 is 6.10 Å². The summed E-state index contributed by atoms with van der Waals surface area (Å²) in [7, 11) is 2.00. The summed E-state index contributed by atoms with van der Waals surface area (Å²) in [6.07, 6.45) is 0.352. The third kappa shape index (κ3) is 5.48. The van der Waals surface area contributed by atoms with E-state index in [1.54, 1.807) is 6.07 Å². The van der Waals surface area contributed by atoms with Crippen LogP contribution in [0.25, 0.3) is 22.2 Å². The zero-order chi connectivity index (χ0) is 21.6. The number of aliphatic hydroxyl groups excluding tert-OH is 1. The summed E-state index contributed by atoms with van der Waals surface area (Å²) in [5.74, 6) is 0.303. The number of likely N-dealkylation sites (N-methyl/N-ethyl adjacent to an activating group) is 1. The number of halogens is 1. The number of fused-ring (bicyclic) bond motifs is 1. The lowest BCUT2D eigenvalue weighted by molar-refractivity contribution is 0.0767. The van der Waals surface area contributed by atoms with Gasteiger partial charge >= 0.3 is 0 Å². The Morgan fingerprint density at radius 2 is 1.84 bits per heavy atom. The smallest absolute Gasteiger partial charge is 0.170 e. The van der Waals surface area contributed by atoms with Crippen LogP contribution in [0.15, 0.2) is 77.3 Å². The van der Waals surface area contributed by atoms with Crippen molar-refractivity contribution in [3.05, 3.63) is 84.2 Å². The number of rotatable bonds is 9. The van der Waals surface area contributed by atoms with Crippen molar-refractivity contribution in [3.63, 3.8) is 0 Å². The van der Waals surface area contributed by atoms with E-state index in [0.717, 1.165) is 23.9 Å². The third-order valence-corrected chi connectivity index (χ3v) is 5.15. The Kier molecular flexibility index (Phi) is 6.60. The molecule has 0 radical (unpaired) electrons. The molecule has 5 nitrogen and oxygen atoms in total. The van der Waals surface area contributed by atoms with Crippen molar-refractivity contribution >= 4 is 11.0 Å². The third-order valence-electron chi connectivity index (χ3n) is 5.15. The van der Waals surface area contributed by atoms with Gasteiger partial charge in [0.25, 0.3) is 0 Å². The molecule has 0 saturated heterocycles. The Hall–Kier alpha value is -3.22. The molecule has 1 heterocycles. The van der Waals surface area contributed by atoms with Gasteiger partial charge in [0.15, 0.2) is 5.58 Å². The Morgan fingerprint density at radius 1 is 1.06 bits per heavy atom. The van der Waals surface area contributed by atoms with Crippen LogP contribution in [0, 0.1) is 5.82 Å². The highest BCUT2D eigenvalue weighted by atomic mass is 19.1. The maximum atomic E-state index is 13.3. The second-order valence-electron chi connectivity index (χ2n) is 7.66. The predicted octanol–water partition coefficient (Wildman–Crippen LogP) is 4.55. The Balaban J connectivity index is 1.28. The first-order valence-electron chi connectivity index (χ1n) is 10.3. The minimum atomic E-state index is -0.588. The Labute approximate surface area is 180 Å². The number of hydrogen-bond acceptors (Lipinski definition) is 5. The van der Waals surface area contributed by atoms with Crippen LogP contribution >= 0.6 is 0 Å². The van der Waals surface area contributed by atoms with Crippen molar-refractivity contribution in [2.24, 2.45) is 0 Å². The first kappa shape index (κ1) is 21.0. The quantitative estimate of drug-likeness (QED) is 0.431. The van der Waals surface area contributed by atoms with E-state index >= 15 is 0 Å². The molecule has 0 aliphatic carbocycles. The number of aliphatic hydroxyl groups is 1. The van der Waals surface area contributed by atoms with E-state index in [1.165, 1.54) is 17.7 Å². The van der Waals surface area contributed by atoms with Gasteiger partial charge in [-0.2, -0.15) is 0 Å². The summed E-state index contributed by atoms with van der Waals surface area (Å²) in [6, 6.07) is 22.1. The maximum Gasteiger partial charge on any atom is 0.170 e. The molecule has 0 aliphatic heterocycles. The molecule has 0 saturated carbocycles. The highest BCUT2D eigenvalue weighted by molar-refractivity contribution is 5.91. The molecular formula is C25H25FN2O3. The molecule has 3 aromatic carbocycles. The number of nitrogens with zero attached hydrogens (tertiary/aromatic N) is 2. The molecule has 6 heteroatoms. The SMILES string of the molecule is CN(CCc1ccccc1)C[C@@H](O)COc1ccc(-c2noc3cc(F)ccc23)cc1. The van der Waals surface area contributed by atoms with Crippen LogP contribution in [0.4, 0.5) is 4.39 Å². The van der Waals surface area contributed by atoms with Crippen molar-refractivity contribution in [3.8, 4) is 17.0 Å². The van der Waals surface area contributed by atoms with Crippen LogP contribution in [-0.2, 0) is 6.42 Å². The van der Waals surface area contributed by atoms with Crippen LogP contribution in [0.1, 0.15) is 5.56 Å². The van der Waals surface area contributed by atoms with Crippen LogP contribution in [0.5, 0.6) is 5.75 Å². The molecule has 0 amide bonds. The van der Waals surface area contributed by atoms with Crippen molar-refractivity contribution in [2.45, 2.75) is 12.5 Å². The molecule has 4 rings (SSSR count). The molecule has 31 heavy (non-hydrogen) atoms. The van der Waals surface area contributed by atoms with Gasteiger partial charge < -0.3 is 19.3 Å². The van der Waals surface area contributed by atoms with E-state index in [-0.39, 0.29) is 12.4 Å². The van der Waals surface area contributed by atoms with Crippen LogP contribution < -0.4 is 4.74 Å². The second-order valence-corrected chi connectivity index (χ2v) is 7.66. The zero-order valence-electron chi connectivity index (χ0n) is 17.4. The molecular weight excluding hydrogens is 395 g/mol. The Bertz CT molecular complexity index is 1110. The van der Waals surface area contributed by atoms with E-state index in [9.17, 15) is 9.50 Å². The van der Waals surface area contributed by atoms with Gasteiger partial charge in [0, 0.05) is 30.1 Å². The normalized spacial score (nSPS) is 12.4. The molecule has 160 valence electrons. The first-order valence-corrected chi connectivity index (χ1v) is 10.3. The molecule has 0 aliphatic rings. The van der Waals surface area contributed by atoms with Crippen LogP contribution in [-0.4, -0.2) is 48.0 Å². The molecule has 1 atom stereocenters. The van der Waals surface area contributed by atoms with E-state index in [4.69, 9.17) is 9.26 Å². The summed E-state index contributed by atoms with van der Waals surface area (Å²) in [5, 5.41) is 15.1. The minimum absolute atomic E-state index is 0.210. The fraction of sp³-hybridized carbons (Fsp3) is 0.240. The van der Waals surface area contributed by atoms with Gasteiger partial charge in [-0.05, 0) is 55.4 Å². The molecule has 1 N–H and O–H groups in total. The fourth-order valence-electron chi connectivity index (χ4n) is 3.49. The van der Waals surface area contributed by atoms with Gasteiger partial charge in [0.05, 0.1) is 0 Å². The first-order chi connectivity index (χ1) is 15.1. The average molecular weight is 420 g/mol. The lowest BCUT2D eigenvalue weighted by Crippen LogP contribution is -2.34. The average Bonchev–Trinajstić information content (AvgIpc) is 3.20. The lowest BCUT2D eigenvalue weighted by atomic mass is 10.1. The molecule has 0 bridgehead atoms. The summed E-state index contributed by atoms with van der Waals surface area (Å²) in [4.78, 5) is 2.10. The van der Waals surface area contributed by atoms with Crippen molar-refractivity contribution < 1.29 is 18.8 Å². The van der Waals surface area contributed by atoms with E-state index in [1.807, 2.05) is 49.5 Å². The number of ether oxygens (including phenoxy) is 1. The molecule has 1 aromatic heterocycles. The summed E-state index contributed by atoms with van der Waals surface area (Å²) in [6.45, 7) is 1.61. The van der Waals surface area contributed by atoms with Crippen LogP contribution in [0.3, 0.4) is 0 Å². The predicted molar refractivity (Wildman–Crippen MR) is 119 cm³/mol. The van der Waals surface area contributed by atoms with Crippen molar-refractivity contribution in [1.82, 2.24) is 10.1 Å². The lowest BCUT2D eigenvalue weighted by Gasteiger charge is -2.20. The van der Waals surface area contributed by atoms with Crippen molar-refractivity contribution in [2.75, 3.05) is 26.7 Å². The summed E-state index contributed by atoms with van der Waals surface area (Å²) < 4.78 is 24.3. The zero-order valence-corrected chi connectivity index (χ0v) is 17.4. The largest absolute Gasteiger partial charge is 0.491 e. The van der Waals surface area contributed by atoms with Gasteiger partial charge in [-0.15, -0.1) is 0 Å². The van der Waals surface area contributed by atoms with E-state index in [2.05, 4.69) is 22.2 Å². The van der Waals surface area contributed by atoms with Gasteiger partial charge in [-0.3, -0.25) is 0 Å². The topological polar surface area (TPSA) is 58.7 Å². The highest BCUT2D eigenvalue weighted by Crippen LogP contribution is 2.29. The standard InChI is InChI=1S/C25H25FN2O3/c1-28(14-13-18-5-3-2-4-6-18)16-21(29)17-30-22-10-7-19(8-11-22)25-23-12-9-20(26)15-24(23)31-27-25/h2-12,15,21,29H,13-14,16-17H2,1H3/t21-/m1/s1. The fourth-order valence-corrected chi connectivity index (χ4v) is 3.49. The molecule has 0 fully saturated rings. The van der Waals surface area contributed by atoms with E-state index in [0.29, 0.717) is 23.6 Å². The molecule has 0 unspecified atom stereocenters. The van der Waals surface area contributed by atoms with Gasteiger partial charge in [-0.1, -0.05) is 35.5 Å². The van der Waals surface area contributed by atoms with Gasteiger partial charge in [0.1, 0.15) is 30.0 Å². The number of benzene rings is 3. The van der Waals surface area contributed by atoms with Gasteiger partial charge in [0.2, 0.25) is 0 Å². The molecule has 4 aromatic rings. The Morgan fingerprint density at radius 3 is 2.61 bits per heavy atom. The molecule has 0 spiro atoms. The summed E-state index contributed by atoms with van der Waals surface area (Å²) >= 11 is 0. The monoisotopic (exact) mass is 420 g/mol. The minimum Gasteiger partial charge on any atom is -0.491 e. The number of aromatic nitrogens is 1. The van der Waals surface area contributed by atoms with Crippen LogP contribution in [0.2, 0.25) is 0 Å².